The van der Waals surface area contributed by atoms with Gasteiger partial charge >= 0.3 is 0 Å². The van der Waals surface area contributed by atoms with Crippen LogP contribution in [0, 0.1) is 0 Å². The summed E-state index contributed by atoms with van der Waals surface area (Å²) < 4.78 is 33.3. The van der Waals surface area contributed by atoms with Gasteiger partial charge in [-0.15, -0.1) is 0 Å². The molecule has 0 bridgehead atoms. The molecule has 2 N–H and O–H groups in total. The molecule has 0 saturated heterocycles. The number of nitrogens with two attached hydrogens (primary N) is 1. The van der Waals surface area contributed by atoms with E-state index in [1.165, 1.54) is 13.2 Å². The molecule has 0 fully saturated rings. The monoisotopic (exact) mass is 283 g/mol. The van der Waals surface area contributed by atoms with Gasteiger partial charge in [-0.05, 0) is 18.2 Å². The molecule has 8 heteroatoms. The van der Waals surface area contributed by atoms with Crippen LogP contribution in [0.3, 0.4) is 0 Å². The summed E-state index contributed by atoms with van der Waals surface area (Å²) in [5, 5.41) is 3.73. The smallest absolute Gasteiger partial charge is 0.240 e. The molecule has 2 aromatic rings. The average Bonchev–Trinajstić information content (AvgIpc) is 2.85. The lowest BCUT2D eigenvalue weighted by atomic mass is 10.2. The molecule has 0 unspecified atom stereocenters. The third-order valence-electron chi connectivity index (χ3n) is 2.46. The summed E-state index contributed by atoms with van der Waals surface area (Å²) in [6.45, 7) is 0.127. The van der Waals surface area contributed by atoms with Crippen molar-refractivity contribution in [1.82, 2.24) is 10.1 Å². The zero-order chi connectivity index (χ0) is 14.0. The van der Waals surface area contributed by atoms with Crippen molar-refractivity contribution in [3.8, 4) is 17.1 Å². The first-order chi connectivity index (χ1) is 8.95. The van der Waals surface area contributed by atoms with Crippen molar-refractivity contribution in [2.24, 2.45) is 5.73 Å². The predicted octanol–water partition coefficient (Wildman–Crippen LogP) is 0.607. The highest BCUT2D eigenvalue weighted by atomic mass is 32.2. The van der Waals surface area contributed by atoms with E-state index in [4.69, 9.17) is 15.0 Å². The normalized spacial score (nSPS) is 11.5. The molecule has 0 aliphatic carbocycles. The molecular weight excluding hydrogens is 270 g/mol. The van der Waals surface area contributed by atoms with Gasteiger partial charge in [0.25, 0.3) is 0 Å². The Bertz CT molecular complexity index is 694. The number of hydrogen-bond acceptors (Lipinski definition) is 7. The molecule has 1 heterocycles. The van der Waals surface area contributed by atoms with Crippen LogP contribution < -0.4 is 10.5 Å². The van der Waals surface area contributed by atoms with E-state index in [0.29, 0.717) is 5.56 Å². The number of aromatic nitrogens is 2. The summed E-state index contributed by atoms with van der Waals surface area (Å²) in [7, 11) is -2.00. The van der Waals surface area contributed by atoms with E-state index in [1.807, 2.05) is 0 Å². The molecule has 0 amide bonds. The fraction of sp³-hybridized carbons (Fsp3) is 0.273. The number of hydrogen-bond donors (Lipinski definition) is 1. The standard InChI is InChI=1S/C11H13N3O4S/c1-17-8-4-3-7(5-9(8)19(2,15)16)11-13-10(6-12)18-14-11/h3-5H,6,12H2,1-2H3. The van der Waals surface area contributed by atoms with Gasteiger partial charge in [0.05, 0.1) is 13.7 Å². The molecule has 102 valence electrons. The Morgan fingerprint density at radius 1 is 1.42 bits per heavy atom. The minimum atomic E-state index is -3.41. The molecule has 1 aromatic heterocycles. The highest BCUT2D eigenvalue weighted by molar-refractivity contribution is 7.90. The van der Waals surface area contributed by atoms with Gasteiger partial charge in [-0.25, -0.2) is 8.42 Å². The molecule has 19 heavy (non-hydrogen) atoms. The maximum Gasteiger partial charge on any atom is 0.240 e. The van der Waals surface area contributed by atoms with Gasteiger partial charge < -0.3 is 15.0 Å². The van der Waals surface area contributed by atoms with Crippen molar-refractivity contribution < 1.29 is 17.7 Å². The van der Waals surface area contributed by atoms with Crippen LogP contribution in [-0.2, 0) is 16.4 Å². The molecule has 1 aromatic carbocycles. The SMILES string of the molecule is COc1ccc(-c2noc(CN)n2)cc1S(C)(=O)=O. The van der Waals surface area contributed by atoms with E-state index in [2.05, 4.69) is 10.1 Å². The van der Waals surface area contributed by atoms with Crippen molar-refractivity contribution >= 4 is 9.84 Å². The van der Waals surface area contributed by atoms with Crippen molar-refractivity contribution in [1.29, 1.82) is 0 Å². The second-order valence-electron chi connectivity index (χ2n) is 3.85. The average molecular weight is 283 g/mol. The second-order valence-corrected chi connectivity index (χ2v) is 5.84. The Morgan fingerprint density at radius 2 is 2.16 bits per heavy atom. The van der Waals surface area contributed by atoms with Gasteiger partial charge in [0, 0.05) is 11.8 Å². The van der Waals surface area contributed by atoms with Crippen LogP contribution in [0.5, 0.6) is 5.75 Å². The van der Waals surface area contributed by atoms with E-state index < -0.39 is 9.84 Å². The van der Waals surface area contributed by atoms with E-state index in [1.54, 1.807) is 12.1 Å². The molecule has 0 aliphatic heterocycles. The van der Waals surface area contributed by atoms with Crippen LogP contribution in [-0.4, -0.2) is 31.9 Å². The Labute approximate surface area is 110 Å². The second kappa shape index (κ2) is 4.98. The lowest BCUT2D eigenvalue weighted by Crippen LogP contribution is -2.01. The van der Waals surface area contributed by atoms with Gasteiger partial charge in [0.1, 0.15) is 10.6 Å². The van der Waals surface area contributed by atoms with Crippen LogP contribution in [0.25, 0.3) is 11.4 Å². The van der Waals surface area contributed by atoms with Gasteiger partial charge in [-0.1, -0.05) is 5.16 Å². The summed E-state index contributed by atoms with van der Waals surface area (Å²) in [5.41, 5.74) is 5.89. The number of sulfone groups is 1. The molecule has 0 saturated carbocycles. The predicted molar refractivity (Wildman–Crippen MR) is 67.3 cm³/mol. The number of rotatable bonds is 4. The van der Waals surface area contributed by atoms with Crippen LogP contribution in [0.4, 0.5) is 0 Å². The topological polar surface area (TPSA) is 108 Å². The summed E-state index contributed by atoms with van der Waals surface area (Å²) in [4.78, 5) is 4.11. The number of benzene rings is 1. The Morgan fingerprint density at radius 3 is 2.68 bits per heavy atom. The maximum atomic E-state index is 11.7. The molecule has 0 spiro atoms. The lowest BCUT2D eigenvalue weighted by molar-refractivity contribution is 0.380. The van der Waals surface area contributed by atoms with Crippen molar-refractivity contribution in [2.75, 3.05) is 13.4 Å². The molecular formula is C11H13N3O4S. The van der Waals surface area contributed by atoms with Crippen LogP contribution in [0.15, 0.2) is 27.6 Å². The zero-order valence-electron chi connectivity index (χ0n) is 10.5. The summed E-state index contributed by atoms with van der Waals surface area (Å²) >= 11 is 0. The molecule has 2 rings (SSSR count). The first-order valence-electron chi connectivity index (χ1n) is 5.37. The first-order valence-corrected chi connectivity index (χ1v) is 7.26. The highest BCUT2D eigenvalue weighted by Crippen LogP contribution is 2.28. The molecule has 0 radical (unpaired) electrons. The maximum absolute atomic E-state index is 11.7. The van der Waals surface area contributed by atoms with Gasteiger partial charge in [0.15, 0.2) is 9.84 Å². The molecule has 0 aliphatic rings. The fourth-order valence-electron chi connectivity index (χ4n) is 1.56. The minimum absolute atomic E-state index is 0.0756. The van der Waals surface area contributed by atoms with E-state index >= 15 is 0 Å². The Hall–Kier alpha value is -1.93. The number of nitrogens with zero attached hydrogens (tertiary/aromatic N) is 2. The number of methoxy groups -OCH3 is 1. The third-order valence-corrected chi connectivity index (χ3v) is 3.58. The molecule has 0 atom stereocenters. The van der Waals surface area contributed by atoms with Gasteiger partial charge in [0.2, 0.25) is 11.7 Å². The van der Waals surface area contributed by atoms with Crippen LogP contribution in [0.1, 0.15) is 5.89 Å². The summed E-state index contributed by atoms with van der Waals surface area (Å²) in [5.74, 6) is 0.841. The van der Waals surface area contributed by atoms with Crippen molar-refractivity contribution in [3.05, 3.63) is 24.1 Å². The van der Waals surface area contributed by atoms with Crippen molar-refractivity contribution in [2.45, 2.75) is 11.4 Å². The van der Waals surface area contributed by atoms with Gasteiger partial charge in [-0.2, -0.15) is 4.98 Å². The Balaban J connectivity index is 2.55. The van der Waals surface area contributed by atoms with E-state index in [0.717, 1.165) is 6.26 Å². The summed E-state index contributed by atoms with van der Waals surface area (Å²) in [6, 6.07) is 4.64. The first kappa shape index (κ1) is 13.5. The van der Waals surface area contributed by atoms with Gasteiger partial charge in [-0.3, -0.25) is 0 Å². The van der Waals surface area contributed by atoms with Crippen LogP contribution >= 0.6 is 0 Å². The molecule has 7 nitrogen and oxygen atoms in total. The fourth-order valence-corrected chi connectivity index (χ4v) is 2.42. The quantitative estimate of drug-likeness (QED) is 0.875. The minimum Gasteiger partial charge on any atom is -0.495 e. The van der Waals surface area contributed by atoms with Crippen molar-refractivity contribution in [3.63, 3.8) is 0 Å². The third kappa shape index (κ3) is 2.74. The largest absolute Gasteiger partial charge is 0.495 e. The van der Waals surface area contributed by atoms with Crippen LogP contribution in [0.2, 0.25) is 0 Å². The number of ether oxygens (including phenoxy) is 1. The zero-order valence-corrected chi connectivity index (χ0v) is 11.3. The van der Waals surface area contributed by atoms with E-state index in [9.17, 15) is 8.42 Å². The highest BCUT2D eigenvalue weighted by Gasteiger charge is 2.17. The Kier molecular flexibility index (Phi) is 3.54. The lowest BCUT2D eigenvalue weighted by Gasteiger charge is -2.07. The summed E-state index contributed by atoms with van der Waals surface area (Å²) in [6.07, 6.45) is 1.11. The van der Waals surface area contributed by atoms with E-state index in [-0.39, 0.29) is 28.9 Å².